The highest BCUT2D eigenvalue weighted by Crippen LogP contribution is 2.25. The van der Waals surface area contributed by atoms with Crippen LogP contribution in [0.1, 0.15) is 10.6 Å². The number of sulfonamides is 1. The molecule has 6 nitrogen and oxygen atoms in total. The largest absolute Gasteiger partial charge is 0.495 e. The van der Waals surface area contributed by atoms with Crippen LogP contribution in [-0.2, 0) is 23.2 Å². The van der Waals surface area contributed by atoms with E-state index < -0.39 is 10.0 Å². The molecule has 8 heteroatoms. The first-order valence-electron chi connectivity index (χ1n) is 5.72. The van der Waals surface area contributed by atoms with Gasteiger partial charge in [-0.3, -0.25) is 0 Å². The number of hydrogen-bond acceptors (Lipinski definition) is 6. The van der Waals surface area contributed by atoms with Crippen LogP contribution >= 0.6 is 11.3 Å². The van der Waals surface area contributed by atoms with E-state index in [9.17, 15) is 8.42 Å². The Morgan fingerprint density at radius 3 is 2.85 bits per heavy atom. The van der Waals surface area contributed by atoms with Crippen LogP contribution in [0.2, 0.25) is 0 Å². The van der Waals surface area contributed by atoms with E-state index >= 15 is 0 Å². The predicted molar refractivity (Wildman–Crippen MR) is 75.1 cm³/mol. The summed E-state index contributed by atoms with van der Waals surface area (Å²) in [5.74, 6) is 0.197. The average molecular weight is 314 g/mol. The lowest BCUT2D eigenvalue weighted by Gasteiger charge is -2.11. The van der Waals surface area contributed by atoms with Crippen LogP contribution in [0.4, 0.5) is 0 Å². The van der Waals surface area contributed by atoms with Gasteiger partial charge in [0.05, 0.1) is 20.3 Å². The van der Waals surface area contributed by atoms with E-state index in [4.69, 9.17) is 9.84 Å². The van der Waals surface area contributed by atoms with Crippen molar-refractivity contribution in [1.29, 1.82) is 0 Å². The lowest BCUT2D eigenvalue weighted by Crippen LogP contribution is -2.23. The molecular weight excluding hydrogens is 300 g/mol. The molecule has 0 aliphatic rings. The first-order valence-corrected chi connectivity index (χ1v) is 8.09. The van der Waals surface area contributed by atoms with Crippen LogP contribution in [0, 0.1) is 0 Å². The number of benzene rings is 1. The summed E-state index contributed by atoms with van der Waals surface area (Å²) in [4.78, 5) is 4.05. The summed E-state index contributed by atoms with van der Waals surface area (Å²) in [5, 5.41) is 11.5. The number of methoxy groups -OCH3 is 1. The first-order chi connectivity index (χ1) is 9.56. The maximum Gasteiger partial charge on any atom is 0.244 e. The molecule has 1 aromatic carbocycles. The highest BCUT2D eigenvalue weighted by atomic mass is 32.2. The fourth-order valence-corrected chi connectivity index (χ4v) is 3.39. The molecule has 2 N–H and O–H groups in total. The van der Waals surface area contributed by atoms with E-state index in [2.05, 4.69) is 9.71 Å². The quantitative estimate of drug-likeness (QED) is 0.834. The number of ether oxygens (including phenoxy) is 1. The van der Waals surface area contributed by atoms with E-state index in [-0.39, 0.29) is 23.8 Å². The van der Waals surface area contributed by atoms with Gasteiger partial charge in [-0.1, -0.05) is 6.07 Å². The van der Waals surface area contributed by atoms with Gasteiger partial charge in [-0.25, -0.2) is 18.1 Å². The monoisotopic (exact) mass is 314 g/mol. The fraction of sp³-hybridized carbons (Fsp3) is 0.250. The number of nitrogens with one attached hydrogen (secondary N) is 1. The third-order valence-corrected chi connectivity index (χ3v) is 4.82. The van der Waals surface area contributed by atoms with Crippen LogP contribution < -0.4 is 9.46 Å². The van der Waals surface area contributed by atoms with Crippen molar-refractivity contribution in [3.05, 3.63) is 40.3 Å². The van der Waals surface area contributed by atoms with Gasteiger partial charge in [0.15, 0.2) is 0 Å². The van der Waals surface area contributed by atoms with Crippen LogP contribution in [0.3, 0.4) is 0 Å². The minimum absolute atomic E-state index is 0.0359. The number of aliphatic hydroxyl groups excluding tert-OH is 1. The van der Waals surface area contributed by atoms with Crippen molar-refractivity contribution < 1.29 is 18.3 Å². The van der Waals surface area contributed by atoms with Gasteiger partial charge in [0.1, 0.15) is 15.7 Å². The minimum atomic E-state index is -3.69. The number of rotatable bonds is 6. The van der Waals surface area contributed by atoms with Crippen LogP contribution in [0.5, 0.6) is 5.75 Å². The Bertz CT molecular complexity index is 669. The molecule has 108 valence electrons. The second kappa shape index (κ2) is 6.31. The standard InChI is InChI=1S/C12H14N2O4S2/c1-18-10-6-9(8-15)2-3-11(10)20(16,17)14-7-12-13-4-5-19-12/h2-6,14-15H,7-8H2,1H3. The van der Waals surface area contributed by atoms with Gasteiger partial charge in [0, 0.05) is 11.6 Å². The minimum Gasteiger partial charge on any atom is -0.495 e. The lowest BCUT2D eigenvalue weighted by molar-refractivity contribution is 0.280. The van der Waals surface area contributed by atoms with Gasteiger partial charge < -0.3 is 9.84 Å². The zero-order chi connectivity index (χ0) is 14.6. The van der Waals surface area contributed by atoms with E-state index in [1.54, 1.807) is 17.6 Å². The van der Waals surface area contributed by atoms with Crippen LogP contribution in [-0.4, -0.2) is 25.6 Å². The second-order valence-electron chi connectivity index (χ2n) is 3.89. The molecule has 2 rings (SSSR count). The van der Waals surface area contributed by atoms with Gasteiger partial charge in [-0.2, -0.15) is 0 Å². The van der Waals surface area contributed by atoms with E-state index in [1.165, 1.54) is 30.6 Å². The number of aliphatic hydroxyl groups is 1. The third kappa shape index (κ3) is 3.34. The van der Waals surface area contributed by atoms with Crippen molar-refractivity contribution in [2.45, 2.75) is 18.0 Å². The SMILES string of the molecule is COc1cc(CO)ccc1S(=O)(=O)NCc1nccs1. The van der Waals surface area contributed by atoms with Crippen LogP contribution in [0.25, 0.3) is 0 Å². The summed E-state index contributed by atoms with van der Waals surface area (Å²) < 4.78 is 32.0. The summed E-state index contributed by atoms with van der Waals surface area (Å²) in [5.41, 5.74) is 0.584. The van der Waals surface area contributed by atoms with Crippen molar-refractivity contribution >= 4 is 21.4 Å². The molecule has 0 fully saturated rings. The molecule has 0 aliphatic carbocycles. The number of thiazole rings is 1. The molecule has 0 atom stereocenters. The molecule has 20 heavy (non-hydrogen) atoms. The van der Waals surface area contributed by atoms with Crippen LogP contribution in [0.15, 0.2) is 34.7 Å². The third-order valence-electron chi connectivity index (χ3n) is 2.60. The molecule has 0 bridgehead atoms. The van der Waals surface area contributed by atoms with E-state index in [1.807, 2.05) is 0 Å². The summed E-state index contributed by atoms with van der Waals surface area (Å²) >= 11 is 1.37. The molecule has 2 aromatic rings. The topological polar surface area (TPSA) is 88.5 Å². The smallest absolute Gasteiger partial charge is 0.244 e. The van der Waals surface area contributed by atoms with Gasteiger partial charge in [0.25, 0.3) is 0 Å². The molecule has 0 radical (unpaired) electrons. The molecule has 0 unspecified atom stereocenters. The van der Waals surface area contributed by atoms with Crippen molar-refractivity contribution in [3.63, 3.8) is 0 Å². The highest BCUT2D eigenvalue weighted by Gasteiger charge is 2.19. The second-order valence-corrected chi connectivity index (χ2v) is 6.61. The molecule has 0 spiro atoms. The van der Waals surface area contributed by atoms with Gasteiger partial charge >= 0.3 is 0 Å². The molecular formula is C12H14N2O4S2. The van der Waals surface area contributed by atoms with Gasteiger partial charge in [-0.05, 0) is 17.7 Å². The molecule has 0 amide bonds. The van der Waals surface area contributed by atoms with Gasteiger partial charge in [-0.15, -0.1) is 11.3 Å². The number of aromatic nitrogens is 1. The Balaban J connectivity index is 2.24. The summed E-state index contributed by atoms with van der Waals surface area (Å²) in [6.07, 6.45) is 1.62. The van der Waals surface area contributed by atoms with E-state index in [0.717, 1.165) is 0 Å². The molecule has 1 heterocycles. The Kier molecular flexibility index (Phi) is 4.71. The zero-order valence-corrected chi connectivity index (χ0v) is 12.4. The fourth-order valence-electron chi connectivity index (χ4n) is 1.61. The van der Waals surface area contributed by atoms with E-state index in [0.29, 0.717) is 10.6 Å². The summed E-state index contributed by atoms with van der Waals surface area (Å²) in [6.45, 7) is -0.0475. The Morgan fingerprint density at radius 1 is 1.45 bits per heavy atom. The highest BCUT2D eigenvalue weighted by molar-refractivity contribution is 7.89. The predicted octanol–water partition coefficient (Wildman–Crippen LogP) is 1.12. The lowest BCUT2D eigenvalue weighted by atomic mass is 10.2. The molecule has 0 saturated heterocycles. The Morgan fingerprint density at radius 2 is 2.25 bits per heavy atom. The van der Waals surface area contributed by atoms with Crippen molar-refractivity contribution in [2.24, 2.45) is 0 Å². The summed E-state index contributed by atoms with van der Waals surface area (Å²) in [7, 11) is -2.31. The Hall–Kier alpha value is -1.48. The summed E-state index contributed by atoms with van der Waals surface area (Å²) in [6, 6.07) is 4.45. The maximum atomic E-state index is 12.2. The molecule has 1 aromatic heterocycles. The number of hydrogen-bond donors (Lipinski definition) is 2. The first kappa shape index (κ1) is 14.9. The average Bonchev–Trinajstić information content (AvgIpc) is 2.97. The molecule has 0 saturated carbocycles. The zero-order valence-electron chi connectivity index (χ0n) is 10.7. The molecule has 0 aliphatic heterocycles. The Labute approximate surface area is 121 Å². The number of nitrogens with zero attached hydrogens (tertiary/aromatic N) is 1. The van der Waals surface area contributed by atoms with Crippen molar-refractivity contribution in [2.75, 3.05) is 7.11 Å². The van der Waals surface area contributed by atoms with Crippen molar-refractivity contribution in [3.8, 4) is 5.75 Å². The van der Waals surface area contributed by atoms with Crippen molar-refractivity contribution in [1.82, 2.24) is 9.71 Å². The normalized spacial score (nSPS) is 11.5. The van der Waals surface area contributed by atoms with Gasteiger partial charge in [0.2, 0.25) is 10.0 Å². The maximum absolute atomic E-state index is 12.2.